The van der Waals surface area contributed by atoms with Gasteiger partial charge in [-0.05, 0) is 150 Å². The second-order valence-corrected chi connectivity index (χ2v) is 20.3. The van der Waals surface area contributed by atoms with Gasteiger partial charge in [-0.2, -0.15) is 0 Å². The molecule has 3 aliphatic rings. The highest BCUT2D eigenvalue weighted by molar-refractivity contribution is 5.99. The Hall–Kier alpha value is -9.76. The van der Waals surface area contributed by atoms with Gasteiger partial charge in [0.25, 0.3) is 0 Å². The van der Waals surface area contributed by atoms with Gasteiger partial charge in [-0.25, -0.2) is 0 Å². The van der Waals surface area contributed by atoms with Crippen LogP contribution >= 0.6 is 0 Å². The molecular weight excluding hydrogens is 917 g/mol. The third-order valence-corrected chi connectivity index (χ3v) is 16.5. The van der Waals surface area contributed by atoms with Gasteiger partial charge < -0.3 is 9.80 Å². The molecule has 12 aromatic carbocycles. The Balaban J connectivity index is 1.01. The van der Waals surface area contributed by atoms with Crippen LogP contribution in [0.2, 0.25) is 0 Å². The molecule has 76 heavy (non-hydrogen) atoms. The predicted octanol–water partition coefficient (Wildman–Crippen LogP) is 19.0. The van der Waals surface area contributed by atoms with Crippen LogP contribution in [-0.4, -0.2) is 0 Å². The fourth-order valence-corrected chi connectivity index (χ4v) is 13.5. The highest BCUT2D eigenvalue weighted by Gasteiger charge is 2.53. The van der Waals surface area contributed by atoms with Crippen LogP contribution < -0.4 is 9.80 Å². The first-order chi connectivity index (χ1) is 37.7. The van der Waals surface area contributed by atoms with E-state index in [9.17, 15) is 0 Å². The average molecular weight is 967 g/mol. The molecule has 0 bridgehead atoms. The molecule has 0 amide bonds. The summed E-state index contributed by atoms with van der Waals surface area (Å²) in [5.41, 5.74) is 25.5. The molecule has 0 radical (unpaired) electrons. The summed E-state index contributed by atoms with van der Waals surface area (Å²) in [5.74, 6) is 0. The summed E-state index contributed by atoms with van der Waals surface area (Å²) in [6, 6.07) is 113. The van der Waals surface area contributed by atoms with Crippen molar-refractivity contribution in [3.05, 3.63) is 348 Å². The van der Waals surface area contributed by atoms with Gasteiger partial charge in [0.05, 0.1) is 16.5 Å². The van der Waals surface area contributed by atoms with Gasteiger partial charge in [-0.3, -0.25) is 0 Å². The zero-order valence-electron chi connectivity index (χ0n) is 41.8. The number of rotatable bonds is 9. The maximum Gasteiger partial charge on any atom is 0.0734 e. The van der Waals surface area contributed by atoms with E-state index in [-0.39, 0.29) is 0 Å². The molecule has 0 saturated carbocycles. The van der Waals surface area contributed by atoms with Crippen molar-refractivity contribution in [2.24, 2.45) is 0 Å². The van der Waals surface area contributed by atoms with Crippen LogP contribution in [0.5, 0.6) is 0 Å². The quantitative estimate of drug-likeness (QED) is 0.142. The van der Waals surface area contributed by atoms with Crippen molar-refractivity contribution in [1.29, 1.82) is 0 Å². The van der Waals surface area contributed by atoms with Crippen LogP contribution in [-0.2, 0) is 10.8 Å². The van der Waals surface area contributed by atoms with E-state index in [4.69, 9.17) is 0 Å². The lowest BCUT2D eigenvalue weighted by molar-refractivity contribution is 0.767. The molecule has 0 heterocycles. The van der Waals surface area contributed by atoms with Crippen LogP contribution in [0.4, 0.5) is 34.1 Å². The summed E-state index contributed by atoms with van der Waals surface area (Å²) in [7, 11) is 0. The minimum atomic E-state index is -0.634. The summed E-state index contributed by atoms with van der Waals surface area (Å²) >= 11 is 0. The number of hydrogen-bond donors (Lipinski definition) is 0. The molecule has 3 aliphatic carbocycles. The second-order valence-electron chi connectivity index (χ2n) is 20.3. The maximum atomic E-state index is 2.56. The van der Waals surface area contributed by atoms with Gasteiger partial charge in [-0.15, -0.1) is 0 Å². The molecule has 0 fully saturated rings. The number of hydrogen-bond acceptors (Lipinski definition) is 2. The summed E-state index contributed by atoms with van der Waals surface area (Å²) in [6.45, 7) is 0. The van der Waals surface area contributed by atoms with Gasteiger partial charge in [0.15, 0.2) is 0 Å². The third kappa shape index (κ3) is 6.34. The minimum absolute atomic E-state index is 0.627. The molecule has 1 unspecified atom stereocenters. The Bertz CT molecular complexity index is 4060. The summed E-state index contributed by atoms with van der Waals surface area (Å²) < 4.78 is 0. The van der Waals surface area contributed by atoms with E-state index in [1.165, 1.54) is 89.0 Å². The Labute approximate surface area is 444 Å². The van der Waals surface area contributed by atoms with Gasteiger partial charge in [0.2, 0.25) is 0 Å². The third-order valence-electron chi connectivity index (χ3n) is 16.5. The largest absolute Gasteiger partial charge is 0.310 e. The van der Waals surface area contributed by atoms with E-state index in [0.29, 0.717) is 0 Å². The van der Waals surface area contributed by atoms with Crippen molar-refractivity contribution in [3.8, 4) is 44.5 Å². The van der Waals surface area contributed by atoms with E-state index >= 15 is 0 Å². The predicted molar refractivity (Wildman–Crippen MR) is 315 cm³/mol. The van der Waals surface area contributed by atoms with E-state index in [2.05, 4.69) is 313 Å². The highest BCUT2D eigenvalue weighted by atomic mass is 15.2. The molecule has 1 atom stereocenters. The van der Waals surface area contributed by atoms with Gasteiger partial charge in [-0.1, -0.05) is 237 Å². The van der Waals surface area contributed by atoms with Gasteiger partial charge >= 0.3 is 0 Å². The van der Waals surface area contributed by atoms with Crippen LogP contribution in [0.15, 0.2) is 303 Å². The zero-order chi connectivity index (χ0) is 50.2. The summed E-state index contributed by atoms with van der Waals surface area (Å²) in [6.07, 6.45) is 0. The van der Waals surface area contributed by atoms with Crippen LogP contribution in [0.25, 0.3) is 44.5 Å². The first-order valence-electron chi connectivity index (χ1n) is 26.4. The van der Waals surface area contributed by atoms with E-state index in [1.807, 2.05) is 0 Å². The number of nitrogens with zero attached hydrogens (tertiary/aromatic N) is 2. The van der Waals surface area contributed by atoms with Crippen molar-refractivity contribution in [2.75, 3.05) is 9.80 Å². The first-order valence-corrected chi connectivity index (χ1v) is 26.4. The number of benzene rings is 12. The molecule has 15 rings (SSSR count). The van der Waals surface area contributed by atoms with Crippen molar-refractivity contribution >= 4 is 34.1 Å². The number of para-hydroxylation sites is 2. The fourth-order valence-electron chi connectivity index (χ4n) is 13.5. The number of fused-ring (bicyclic) bond motifs is 13. The molecular formula is C74H50N2. The van der Waals surface area contributed by atoms with Crippen molar-refractivity contribution in [2.45, 2.75) is 10.8 Å². The minimum Gasteiger partial charge on any atom is -0.310 e. The van der Waals surface area contributed by atoms with E-state index in [1.54, 1.807) is 0 Å². The molecule has 2 heteroatoms. The number of anilines is 6. The molecule has 0 saturated heterocycles. The summed E-state index contributed by atoms with van der Waals surface area (Å²) in [4.78, 5) is 4.96. The monoisotopic (exact) mass is 966 g/mol. The van der Waals surface area contributed by atoms with E-state index in [0.717, 1.165) is 34.1 Å². The molecule has 1 spiro atoms. The molecule has 0 N–H and O–H groups in total. The Morgan fingerprint density at radius 2 is 0.566 bits per heavy atom. The SMILES string of the molecule is c1ccc(-c2ccc(N(c3ccc4c(c3)C3(c5ccccc5-c5ccc(N(c6ccccc6)c6ccccc6)cc53)c3ccccc3-4)c3cccc4c3C(c3ccccc3)(c3ccccc3)c3ccccc3-4)cc2)cc1. The normalized spacial score (nSPS) is 14.7. The van der Waals surface area contributed by atoms with Gasteiger partial charge in [0.1, 0.15) is 0 Å². The topological polar surface area (TPSA) is 6.48 Å². The Kier molecular flexibility index (Phi) is 10.0. The Morgan fingerprint density at radius 1 is 0.211 bits per heavy atom. The molecule has 2 nitrogen and oxygen atoms in total. The highest BCUT2D eigenvalue weighted by Crippen LogP contribution is 2.65. The first kappa shape index (κ1) is 43.8. The average Bonchev–Trinajstić information content (AvgIpc) is 4.31. The summed E-state index contributed by atoms with van der Waals surface area (Å²) in [5, 5.41) is 0. The lowest BCUT2D eigenvalue weighted by Crippen LogP contribution is -2.30. The smallest absolute Gasteiger partial charge is 0.0734 e. The molecule has 0 aliphatic heterocycles. The van der Waals surface area contributed by atoms with Crippen molar-refractivity contribution in [3.63, 3.8) is 0 Å². The molecule has 0 aromatic heterocycles. The Morgan fingerprint density at radius 3 is 1.08 bits per heavy atom. The van der Waals surface area contributed by atoms with Gasteiger partial charge in [0, 0.05) is 34.0 Å². The lowest BCUT2D eigenvalue weighted by Gasteiger charge is -2.38. The fraction of sp³-hybridized carbons (Fsp3) is 0.0270. The molecule has 12 aromatic rings. The van der Waals surface area contributed by atoms with E-state index < -0.39 is 10.8 Å². The van der Waals surface area contributed by atoms with Crippen molar-refractivity contribution < 1.29 is 0 Å². The van der Waals surface area contributed by atoms with Crippen LogP contribution in [0.1, 0.15) is 44.5 Å². The molecule has 356 valence electrons. The standard InChI is InChI=1S/C74H50N2/c1-6-23-51(24-7-1)52-41-43-57(44-42-52)76(71-40-22-36-65-62-35-18-19-37-66(62)73(72(65)71,53-25-8-2-9-26-53)54-27-10-3-11-28-54)59-46-48-64-61-34-17-21-39-68(61)74(70(64)50-59)67-38-20-16-33-60(67)63-47-45-58(49-69(63)74)75(55-29-12-4-13-30-55)56-31-14-5-15-32-56/h1-50H. The van der Waals surface area contributed by atoms with Crippen LogP contribution in [0.3, 0.4) is 0 Å². The second kappa shape index (κ2) is 17.4. The van der Waals surface area contributed by atoms with Crippen molar-refractivity contribution in [1.82, 2.24) is 0 Å². The van der Waals surface area contributed by atoms with Crippen LogP contribution in [0, 0.1) is 0 Å². The zero-order valence-corrected chi connectivity index (χ0v) is 41.8. The maximum absolute atomic E-state index is 2.56. The lowest BCUT2D eigenvalue weighted by atomic mass is 9.67.